The molecular weight excluding hydrogens is 267 g/mol. The van der Waals surface area contributed by atoms with E-state index in [1.165, 1.54) is 0 Å². The first-order valence-corrected chi connectivity index (χ1v) is 5.49. The standard InChI is InChI=1S/C10H10F3N3O3/c11-10(12,13)9(19)14-7-4-2-1-3-5(8(17)18)6(4)15-16-7/h5H,1-3H2,(H,17,18)(H2,14,15,16,19). The monoisotopic (exact) mass is 277 g/mol. The smallest absolute Gasteiger partial charge is 0.471 e. The maximum atomic E-state index is 12.1. The Kier molecular flexibility index (Phi) is 3.21. The minimum atomic E-state index is -5.01. The number of carboxylic acid groups (broad SMARTS) is 1. The van der Waals surface area contributed by atoms with Crippen LogP contribution in [0.3, 0.4) is 0 Å². The second kappa shape index (κ2) is 4.56. The first kappa shape index (κ1) is 13.4. The summed E-state index contributed by atoms with van der Waals surface area (Å²) in [7, 11) is 0. The fraction of sp³-hybridized carbons (Fsp3) is 0.500. The van der Waals surface area contributed by atoms with Gasteiger partial charge in [0.15, 0.2) is 5.82 Å². The molecule has 0 aliphatic heterocycles. The topological polar surface area (TPSA) is 95.1 Å². The summed E-state index contributed by atoms with van der Waals surface area (Å²) in [5.41, 5.74) is 0.590. The van der Waals surface area contributed by atoms with Gasteiger partial charge in [-0.05, 0) is 19.3 Å². The van der Waals surface area contributed by atoms with Crippen molar-refractivity contribution in [1.29, 1.82) is 0 Å². The Morgan fingerprint density at radius 3 is 2.68 bits per heavy atom. The third-order valence-corrected chi connectivity index (χ3v) is 2.95. The molecule has 6 nitrogen and oxygen atoms in total. The summed E-state index contributed by atoms with van der Waals surface area (Å²) in [4.78, 5) is 21.8. The number of aromatic nitrogens is 2. The molecule has 1 heterocycles. The molecule has 1 aromatic rings. The minimum absolute atomic E-state index is 0.247. The Labute approximate surface area is 105 Å². The zero-order valence-corrected chi connectivity index (χ0v) is 9.54. The molecule has 0 saturated carbocycles. The van der Waals surface area contributed by atoms with Gasteiger partial charge in [0.05, 0.1) is 11.6 Å². The number of amides is 1. The quantitative estimate of drug-likeness (QED) is 0.761. The van der Waals surface area contributed by atoms with Crippen molar-refractivity contribution in [3.8, 4) is 0 Å². The fourth-order valence-electron chi connectivity index (χ4n) is 2.08. The van der Waals surface area contributed by atoms with Crippen molar-refractivity contribution >= 4 is 17.7 Å². The number of rotatable bonds is 2. The molecule has 1 amide bonds. The van der Waals surface area contributed by atoms with E-state index in [0.29, 0.717) is 24.8 Å². The van der Waals surface area contributed by atoms with Crippen LogP contribution in [0.4, 0.5) is 19.0 Å². The second-order valence-corrected chi connectivity index (χ2v) is 4.20. The van der Waals surface area contributed by atoms with Crippen LogP contribution in [-0.4, -0.2) is 33.4 Å². The summed E-state index contributed by atoms with van der Waals surface area (Å²) in [6.07, 6.45) is -3.73. The minimum Gasteiger partial charge on any atom is -0.481 e. The normalized spacial score (nSPS) is 18.8. The number of alkyl halides is 3. The van der Waals surface area contributed by atoms with E-state index < -0.39 is 24.0 Å². The summed E-state index contributed by atoms with van der Waals surface area (Å²) in [5, 5.41) is 16.6. The van der Waals surface area contributed by atoms with Crippen molar-refractivity contribution < 1.29 is 27.9 Å². The molecule has 1 atom stereocenters. The Morgan fingerprint density at radius 2 is 2.11 bits per heavy atom. The molecule has 0 aromatic carbocycles. The lowest BCUT2D eigenvalue weighted by atomic mass is 9.87. The lowest BCUT2D eigenvalue weighted by Crippen LogP contribution is -2.30. The third kappa shape index (κ3) is 2.54. The van der Waals surface area contributed by atoms with Crippen LogP contribution in [0, 0.1) is 0 Å². The molecule has 104 valence electrons. The van der Waals surface area contributed by atoms with Crippen LogP contribution in [0.5, 0.6) is 0 Å². The fourth-order valence-corrected chi connectivity index (χ4v) is 2.08. The highest BCUT2D eigenvalue weighted by Gasteiger charge is 2.40. The van der Waals surface area contributed by atoms with E-state index in [0.717, 1.165) is 0 Å². The number of nitrogens with one attached hydrogen (secondary N) is 2. The molecule has 1 aromatic heterocycles. The Morgan fingerprint density at radius 1 is 1.42 bits per heavy atom. The Hall–Kier alpha value is -2.06. The van der Waals surface area contributed by atoms with Crippen LogP contribution in [-0.2, 0) is 16.0 Å². The summed E-state index contributed by atoms with van der Waals surface area (Å²) in [6, 6.07) is 0. The van der Waals surface area contributed by atoms with Gasteiger partial charge in [0.1, 0.15) is 0 Å². The molecule has 19 heavy (non-hydrogen) atoms. The second-order valence-electron chi connectivity index (χ2n) is 4.20. The number of nitrogens with zero attached hydrogens (tertiary/aromatic N) is 1. The van der Waals surface area contributed by atoms with Crippen molar-refractivity contribution in [2.45, 2.75) is 31.4 Å². The molecule has 1 unspecified atom stereocenters. The predicted octanol–water partition coefficient (Wildman–Crippen LogP) is 1.41. The lowest BCUT2D eigenvalue weighted by Gasteiger charge is -2.18. The van der Waals surface area contributed by atoms with Gasteiger partial charge in [0, 0.05) is 5.56 Å². The number of hydrogen-bond acceptors (Lipinski definition) is 3. The number of carboxylic acids is 1. The van der Waals surface area contributed by atoms with E-state index >= 15 is 0 Å². The predicted molar refractivity (Wildman–Crippen MR) is 56.6 cm³/mol. The van der Waals surface area contributed by atoms with Gasteiger partial charge in [0.25, 0.3) is 0 Å². The number of H-pyrrole nitrogens is 1. The number of aromatic amines is 1. The molecule has 1 aliphatic carbocycles. The molecule has 2 rings (SSSR count). The van der Waals surface area contributed by atoms with Crippen LogP contribution in [0.15, 0.2) is 0 Å². The molecule has 0 radical (unpaired) electrons. The molecule has 0 fully saturated rings. The van der Waals surface area contributed by atoms with E-state index in [4.69, 9.17) is 5.11 Å². The van der Waals surface area contributed by atoms with Crippen molar-refractivity contribution in [2.75, 3.05) is 5.32 Å². The Balaban J connectivity index is 2.26. The van der Waals surface area contributed by atoms with Gasteiger partial charge < -0.3 is 10.4 Å². The molecule has 0 spiro atoms. The van der Waals surface area contributed by atoms with Crippen LogP contribution in [0.25, 0.3) is 0 Å². The summed E-state index contributed by atoms with van der Waals surface area (Å²) in [5.74, 6) is -4.27. The number of hydrogen-bond donors (Lipinski definition) is 3. The molecule has 9 heteroatoms. The molecule has 1 aliphatic rings. The maximum absolute atomic E-state index is 12.1. The van der Waals surface area contributed by atoms with Gasteiger partial charge in [-0.2, -0.15) is 18.3 Å². The zero-order chi connectivity index (χ0) is 14.2. The third-order valence-electron chi connectivity index (χ3n) is 2.95. The number of fused-ring (bicyclic) bond motifs is 1. The summed E-state index contributed by atoms with van der Waals surface area (Å²) < 4.78 is 36.4. The first-order chi connectivity index (χ1) is 8.80. The summed E-state index contributed by atoms with van der Waals surface area (Å²) >= 11 is 0. The molecule has 0 bridgehead atoms. The lowest BCUT2D eigenvalue weighted by molar-refractivity contribution is -0.167. The van der Waals surface area contributed by atoms with Gasteiger partial charge >= 0.3 is 18.1 Å². The van der Waals surface area contributed by atoms with E-state index in [1.807, 2.05) is 0 Å². The van der Waals surface area contributed by atoms with Gasteiger partial charge in [-0.25, -0.2) is 0 Å². The zero-order valence-electron chi connectivity index (χ0n) is 9.54. The van der Waals surface area contributed by atoms with Crippen molar-refractivity contribution in [1.82, 2.24) is 10.2 Å². The Bertz CT molecular complexity index is 524. The van der Waals surface area contributed by atoms with E-state index in [-0.39, 0.29) is 11.5 Å². The highest BCUT2D eigenvalue weighted by molar-refractivity contribution is 5.95. The molecular formula is C10H10F3N3O3. The van der Waals surface area contributed by atoms with E-state index in [9.17, 15) is 22.8 Å². The van der Waals surface area contributed by atoms with Gasteiger partial charge in [-0.15, -0.1) is 0 Å². The maximum Gasteiger partial charge on any atom is 0.471 e. The summed E-state index contributed by atoms with van der Waals surface area (Å²) in [6.45, 7) is 0. The highest BCUT2D eigenvalue weighted by atomic mass is 19.4. The number of carbonyl (C=O) groups is 2. The molecule has 3 N–H and O–H groups in total. The van der Waals surface area contributed by atoms with Crippen LogP contribution < -0.4 is 5.32 Å². The first-order valence-electron chi connectivity index (χ1n) is 5.49. The van der Waals surface area contributed by atoms with E-state index in [1.54, 1.807) is 5.32 Å². The number of aliphatic carboxylic acids is 1. The van der Waals surface area contributed by atoms with E-state index in [2.05, 4.69) is 10.2 Å². The van der Waals surface area contributed by atoms with Gasteiger partial charge in [-0.3, -0.25) is 14.7 Å². The number of anilines is 1. The number of carbonyl (C=O) groups excluding carboxylic acids is 1. The van der Waals surface area contributed by atoms with Crippen molar-refractivity contribution in [2.24, 2.45) is 0 Å². The number of halogens is 3. The van der Waals surface area contributed by atoms with Crippen LogP contribution in [0.1, 0.15) is 30.0 Å². The average Bonchev–Trinajstić information content (AvgIpc) is 2.71. The van der Waals surface area contributed by atoms with Gasteiger partial charge in [-0.1, -0.05) is 0 Å². The SMILES string of the molecule is O=C(O)C1CCCc2c(NC(=O)C(F)(F)F)n[nH]c21. The van der Waals surface area contributed by atoms with Crippen molar-refractivity contribution in [3.05, 3.63) is 11.3 Å². The van der Waals surface area contributed by atoms with Crippen LogP contribution in [0.2, 0.25) is 0 Å². The van der Waals surface area contributed by atoms with Crippen LogP contribution >= 0.6 is 0 Å². The molecule has 0 saturated heterocycles. The highest BCUT2D eigenvalue weighted by Crippen LogP contribution is 2.34. The average molecular weight is 277 g/mol. The van der Waals surface area contributed by atoms with Crippen molar-refractivity contribution in [3.63, 3.8) is 0 Å². The van der Waals surface area contributed by atoms with Gasteiger partial charge in [0.2, 0.25) is 0 Å². The largest absolute Gasteiger partial charge is 0.481 e.